The van der Waals surface area contributed by atoms with E-state index in [0.717, 1.165) is 67.5 Å². The van der Waals surface area contributed by atoms with Gasteiger partial charge >= 0.3 is 23.5 Å². The molecule has 74 heavy (non-hydrogen) atoms. The molecule has 0 aromatic carbocycles. The molecule has 19 N–H and O–H groups in total. The number of amides is 2. The van der Waals surface area contributed by atoms with E-state index in [1.54, 1.807) is 0 Å². The lowest BCUT2D eigenvalue weighted by molar-refractivity contribution is -0.137. The Balaban J connectivity index is 0.0000178. The Labute approximate surface area is 434 Å². The number of nitrogens with two attached hydrogens (primary N) is 1. The van der Waals surface area contributed by atoms with E-state index in [4.69, 9.17) is 19.5 Å². The summed E-state index contributed by atoms with van der Waals surface area (Å²) < 4.78 is 62.4. The lowest BCUT2D eigenvalue weighted by Gasteiger charge is -2.30. The van der Waals surface area contributed by atoms with E-state index in [-0.39, 0.29) is 60.1 Å². The van der Waals surface area contributed by atoms with Gasteiger partial charge in [-0.2, -0.15) is 4.31 Å². The molecule has 2 amide bonds. The molecule has 1 fully saturated rings. The highest BCUT2D eigenvalue weighted by atomic mass is 32.2. The van der Waals surface area contributed by atoms with Crippen LogP contribution in [0.4, 0.5) is 5.82 Å². The van der Waals surface area contributed by atoms with Crippen LogP contribution in [0.3, 0.4) is 0 Å². The number of aliphatic hydroxyl groups is 2. The van der Waals surface area contributed by atoms with Crippen molar-refractivity contribution < 1.29 is 80.5 Å². The number of imidazole rings is 1. The first-order valence-electron chi connectivity index (χ1n) is 22.5. The van der Waals surface area contributed by atoms with Gasteiger partial charge in [-0.25, -0.2) is 28.6 Å². The van der Waals surface area contributed by atoms with Crippen molar-refractivity contribution in [2.75, 3.05) is 37.8 Å². The molecule has 420 valence electrons. The fraction of sp³-hybridized carbons (Fsp3) is 0.535. The highest BCUT2D eigenvalue weighted by Gasteiger charge is 2.50. The molecule has 2 aromatic rings. The van der Waals surface area contributed by atoms with Gasteiger partial charge in [-0.3, -0.25) is 32.5 Å². The number of allylic oxidation sites excluding steroid dienone is 12. The number of phosphoric acid groups is 3. The van der Waals surface area contributed by atoms with Gasteiger partial charge in [-0.15, -0.1) is 0 Å². The van der Waals surface area contributed by atoms with E-state index in [0.29, 0.717) is 18.6 Å². The maximum absolute atomic E-state index is 12.7. The van der Waals surface area contributed by atoms with E-state index in [2.05, 4.69) is 102 Å². The third kappa shape index (κ3) is 26.6. The Morgan fingerprint density at radius 3 is 1.95 bits per heavy atom. The number of phosphoric ester groups is 3. The van der Waals surface area contributed by atoms with Crippen molar-refractivity contribution in [3.05, 3.63) is 85.6 Å². The first-order chi connectivity index (χ1) is 33.6. The van der Waals surface area contributed by atoms with Crippen LogP contribution in [-0.4, -0.2) is 123 Å². The molecule has 0 spiro atoms. The van der Waals surface area contributed by atoms with Crippen LogP contribution in [0.5, 0.6) is 0 Å². The Bertz CT molecular complexity index is 2370. The number of nitrogens with zero attached hydrogens (tertiary/aromatic N) is 4. The number of rotatable bonds is 33. The molecular formula is C43H75N10O17P3S. The summed E-state index contributed by atoms with van der Waals surface area (Å²) in [4.78, 5) is 88.4. The molecule has 2 aromatic heterocycles. The summed E-state index contributed by atoms with van der Waals surface area (Å²) in [7, 11) is -16.4. The van der Waals surface area contributed by atoms with Crippen molar-refractivity contribution in [3.63, 3.8) is 0 Å². The molecule has 3 heterocycles. The Kier molecular flexibility index (Phi) is 33.3. The van der Waals surface area contributed by atoms with Gasteiger partial charge in [0.25, 0.3) is 0 Å². The average Bonchev–Trinajstić information content (AvgIpc) is 3.86. The topological polar surface area (TPSA) is 469 Å². The smallest absolute Gasteiger partial charge is 0.386 e. The van der Waals surface area contributed by atoms with Crippen molar-refractivity contribution >= 4 is 69.1 Å². The lowest BCUT2D eigenvalue weighted by Crippen LogP contribution is -2.46. The molecule has 0 aliphatic carbocycles. The number of thioether (sulfide) groups is 1. The zero-order valence-corrected chi connectivity index (χ0v) is 45.3. The van der Waals surface area contributed by atoms with Gasteiger partial charge in [0.05, 0.1) is 19.5 Å². The summed E-state index contributed by atoms with van der Waals surface area (Å²) in [6, 6.07) is 0. The van der Waals surface area contributed by atoms with Crippen molar-refractivity contribution in [2.24, 2.45) is 5.41 Å². The Hall–Kier alpha value is -4.12. The second-order valence-corrected chi connectivity index (χ2v) is 21.6. The molecular weight excluding hydrogens is 1050 g/mol. The highest BCUT2D eigenvalue weighted by molar-refractivity contribution is 8.13. The monoisotopic (exact) mass is 1130 g/mol. The summed E-state index contributed by atoms with van der Waals surface area (Å²) in [6.07, 6.45) is 24.9. The van der Waals surface area contributed by atoms with Crippen molar-refractivity contribution in [3.8, 4) is 0 Å². The fourth-order valence-electron chi connectivity index (χ4n) is 6.21. The quantitative estimate of drug-likeness (QED) is 0.0234. The maximum Gasteiger partial charge on any atom is 0.481 e. The second-order valence-electron chi connectivity index (χ2n) is 16.2. The van der Waals surface area contributed by atoms with Crippen LogP contribution in [0, 0.1) is 5.41 Å². The molecule has 0 radical (unpaired) electrons. The van der Waals surface area contributed by atoms with E-state index >= 15 is 0 Å². The number of carbonyl (C=O) groups is 3. The Morgan fingerprint density at radius 1 is 0.824 bits per heavy atom. The number of nitrogens with one attached hydrogen (secondary N) is 2. The summed E-state index contributed by atoms with van der Waals surface area (Å²) in [5, 5.41) is 26.6. The first kappa shape index (κ1) is 69.9. The summed E-state index contributed by atoms with van der Waals surface area (Å²) >= 11 is 1.09. The maximum atomic E-state index is 12.7. The number of anilines is 1. The fourth-order valence-corrected chi connectivity index (χ4v) is 9.73. The normalized spacial score (nSPS) is 19.5. The van der Waals surface area contributed by atoms with Gasteiger partial charge in [0.1, 0.15) is 36.3 Å². The largest absolute Gasteiger partial charge is 0.481 e. The van der Waals surface area contributed by atoms with Gasteiger partial charge in [-0.1, -0.05) is 105 Å². The molecule has 1 saturated heterocycles. The summed E-state index contributed by atoms with van der Waals surface area (Å²) in [6.45, 7) is 2.61. The molecule has 2 unspecified atom stereocenters. The predicted molar refractivity (Wildman–Crippen MR) is 280 cm³/mol. The lowest BCUT2D eigenvalue weighted by atomic mass is 9.87. The molecule has 7 atom stereocenters. The van der Waals surface area contributed by atoms with Gasteiger partial charge in [-0.05, 0) is 44.9 Å². The van der Waals surface area contributed by atoms with Crippen LogP contribution in [0.25, 0.3) is 11.2 Å². The van der Waals surface area contributed by atoms with Gasteiger partial charge in [0.2, 0.25) is 11.8 Å². The zero-order chi connectivity index (χ0) is 52.5. The number of aliphatic hydroxyl groups excluding tert-OH is 2. The van der Waals surface area contributed by atoms with Crippen molar-refractivity contribution in [2.45, 2.75) is 109 Å². The number of hydrogen-bond acceptors (Lipinski definition) is 21. The third-order valence-electron chi connectivity index (χ3n) is 9.88. The third-order valence-corrected chi connectivity index (χ3v) is 13.9. The average molecular weight is 1130 g/mol. The molecule has 0 bridgehead atoms. The molecule has 1 aliphatic rings. The van der Waals surface area contributed by atoms with E-state index < -0.39 is 84.6 Å². The van der Waals surface area contributed by atoms with E-state index in [9.17, 15) is 57.9 Å². The summed E-state index contributed by atoms with van der Waals surface area (Å²) in [5.41, 5.74) is 4.27. The zero-order valence-electron chi connectivity index (χ0n) is 41.8. The van der Waals surface area contributed by atoms with Crippen LogP contribution < -0.4 is 34.8 Å². The summed E-state index contributed by atoms with van der Waals surface area (Å²) in [5.74, 6) is -1.11. The number of carbonyl (C=O) groups excluding carboxylic acids is 3. The Morgan fingerprint density at radius 2 is 1.38 bits per heavy atom. The van der Waals surface area contributed by atoms with Crippen LogP contribution >= 0.6 is 35.2 Å². The minimum Gasteiger partial charge on any atom is -0.386 e. The second kappa shape index (κ2) is 35.3. The van der Waals surface area contributed by atoms with E-state index in [1.165, 1.54) is 13.8 Å². The van der Waals surface area contributed by atoms with Crippen molar-refractivity contribution in [1.29, 1.82) is 0 Å². The SMILES string of the molecule is CC/C=C\C/C=C\C/C=C/C/C=C/C/C=C/C/C=C/CCC(=O)SCCNC(=O)CCNC(=O)[C@H](O)C(C)(C)COP(=O)(O)OP(=O)(O)OC[C@H]1O[C@@H](n2cnc3c(N)ncnc32)[C@H](O)[C@@H]1OP(=O)(O)O.N.N.N. The standard InChI is InChI=1S/C43H66N7O17P3S.3H3N/c1-4-5-6-7-8-9-10-11-12-13-14-15-16-17-18-19-20-21-22-23-34(52)71-27-26-45-33(51)24-25-46-41(55)38(54)43(2,3)29-64-70(61,62)67-69(59,60)63-28-32-37(66-68(56,57)58)36(53)42(65-32)50-31-49-35-39(44)47-30-48-40(35)50;;;/h5-6,8-9,11-12,14-15,17-18,20-21,30-32,36-38,42,53-54H,4,7,10,13,16,19,22-29H2,1-3H3,(H,45,51)(H,46,55)(H,59,60)(H,61,62)(H2,44,47,48)(H2,56,57,58);3*1H3/b6-5-,9-8-,12-11+,15-14+,18-17+,21-20+;;;/t32-,36-,37-,38+,42-;;;/m1.../s1. The highest BCUT2D eigenvalue weighted by Crippen LogP contribution is 2.61. The number of fused-ring (bicyclic) bond motifs is 1. The first-order valence-corrected chi connectivity index (χ1v) is 28.0. The molecule has 0 saturated carbocycles. The van der Waals surface area contributed by atoms with Crippen molar-refractivity contribution in [1.82, 2.24) is 48.6 Å². The van der Waals surface area contributed by atoms with E-state index in [1.807, 2.05) is 12.2 Å². The number of aromatic nitrogens is 4. The molecule has 31 heteroatoms. The minimum atomic E-state index is -5.58. The van der Waals surface area contributed by atoms with Crippen LogP contribution in [0.1, 0.15) is 84.8 Å². The van der Waals surface area contributed by atoms with Gasteiger partial charge < -0.3 is 69.3 Å². The number of ether oxygens (including phenoxy) is 1. The van der Waals surface area contributed by atoms with Crippen LogP contribution in [0.2, 0.25) is 0 Å². The number of hydrogen-bond donors (Lipinski definition) is 12. The molecule has 27 nitrogen and oxygen atoms in total. The van der Waals surface area contributed by atoms with Gasteiger partial charge in [0.15, 0.2) is 22.8 Å². The number of nitrogen functional groups attached to an aromatic ring is 1. The van der Waals surface area contributed by atoms with Crippen LogP contribution in [0.15, 0.2) is 85.6 Å². The predicted octanol–water partition coefficient (Wildman–Crippen LogP) is 5.63. The minimum absolute atomic E-state index is 0. The van der Waals surface area contributed by atoms with Crippen LogP contribution in [-0.2, 0) is 50.7 Å². The van der Waals surface area contributed by atoms with Gasteiger partial charge in [0, 0.05) is 37.1 Å². The molecule has 1 aliphatic heterocycles. The molecule has 3 rings (SSSR count).